The Morgan fingerprint density at radius 2 is 2.25 bits per heavy atom. The first-order chi connectivity index (χ1) is 9.72. The molecule has 2 heterocycles. The van der Waals surface area contributed by atoms with Crippen molar-refractivity contribution < 1.29 is 9.26 Å². The zero-order valence-corrected chi connectivity index (χ0v) is 11.8. The van der Waals surface area contributed by atoms with Gasteiger partial charge in [0.2, 0.25) is 11.7 Å². The van der Waals surface area contributed by atoms with E-state index in [-0.39, 0.29) is 6.10 Å². The van der Waals surface area contributed by atoms with Crippen LogP contribution in [0.4, 0.5) is 0 Å². The number of nitrogens with zero attached hydrogens (tertiary/aromatic N) is 2. The van der Waals surface area contributed by atoms with Crippen LogP contribution in [0.5, 0.6) is 0 Å². The molecule has 1 aliphatic rings. The maximum Gasteiger partial charge on any atom is 0.231 e. The highest BCUT2D eigenvalue weighted by molar-refractivity contribution is 5.32. The van der Waals surface area contributed by atoms with Crippen LogP contribution in [0, 0.1) is 13.8 Å². The molecular formula is C15H19N3O2. The lowest BCUT2D eigenvalue weighted by molar-refractivity contribution is 0.0208. The zero-order valence-electron chi connectivity index (χ0n) is 11.8. The van der Waals surface area contributed by atoms with Gasteiger partial charge in [-0.1, -0.05) is 28.9 Å². The average molecular weight is 273 g/mol. The third kappa shape index (κ3) is 2.89. The highest BCUT2D eigenvalue weighted by Gasteiger charge is 2.21. The van der Waals surface area contributed by atoms with Gasteiger partial charge in [-0.3, -0.25) is 0 Å². The van der Waals surface area contributed by atoms with E-state index in [2.05, 4.69) is 47.5 Å². The summed E-state index contributed by atoms with van der Waals surface area (Å²) in [6.45, 7) is 6.49. The molecule has 0 amide bonds. The van der Waals surface area contributed by atoms with E-state index in [0.29, 0.717) is 24.7 Å². The molecule has 3 rings (SSSR count). The molecule has 1 N–H and O–H groups in total. The van der Waals surface area contributed by atoms with Gasteiger partial charge in [-0.2, -0.15) is 4.98 Å². The predicted octanol–water partition coefficient (Wildman–Crippen LogP) is 1.94. The van der Waals surface area contributed by atoms with Gasteiger partial charge in [0.15, 0.2) is 0 Å². The maximum atomic E-state index is 5.62. The number of nitrogens with one attached hydrogen (secondary N) is 1. The number of aromatic nitrogens is 2. The third-order valence-electron chi connectivity index (χ3n) is 3.55. The first kappa shape index (κ1) is 13.3. The minimum absolute atomic E-state index is 0.0974. The van der Waals surface area contributed by atoms with Gasteiger partial charge < -0.3 is 14.6 Å². The van der Waals surface area contributed by atoms with E-state index in [4.69, 9.17) is 9.26 Å². The summed E-state index contributed by atoms with van der Waals surface area (Å²) < 4.78 is 11.0. The topological polar surface area (TPSA) is 60.2 Å². The van der Waals surface area contributed by atoms with Crippen LogP contribution in [0.2, 0.25) is 0 Å². The van der Waals surface area contributed by atoms with Gasteiger partial charge in [-0.25, -0.2) is 0 Å². The molecule has 1 unspecified atom stereocenters. The van der Waals surface area contributed by atoms with Crippen molar-refractivity contribution in [2.45, 2.75) is 26.4 Å². The van der Waals surface area contributed by atoms with Gasteiger partial charge in [0.25, 0.3) is 0 Å². The summed E-state index contributed by atoms with van der Waals surface area (Å²) >= 11 is 0. The lowest BCUT2D eigenvalue weighted by Crippen LogP contribution is -2.33. The van der Waals surface area contributed by atoms with E-state index < -0.39 is 0 Å². The van der Waals surface area contributed by atoms with E-state index in [1.807, 2.05) is 0 Å². The molecule has 0 spiro atoms. The minimum atomic E-state index is -0.0974. The summed E-state index contributed by atoms with van der Waals surface area (Å²) in [6.07, 6.45) is 0.570. The molecular weight excluding hydrogens is 254 g/mol. The van der Waals surface area contributed by atoms with Crippen LogP contribution >= 0.6 is 0 Å². The molecule has 1 atom stereocenters. The molecule has 1 aromatic carbocycles. The van der Waals surface area contributed by atoms with Crippen molar-refractivity contribution >= 4 is 0 Å². The molecule has 0 bridgehead atoms. The summed E-state index contributed by atoms with van der Waals surface area (Å²) in [5.74, 6) is 1.28. The number of hydrogen-bond donors (Lipinski definition) is 1. The first-order valence-corrected chi connectivity index (χ1v) is 6.93. The Kier molecular flexibility index (Phi) is 3.80. The Hall–Kier alpha value is -1.72. The second-order valence-electron chi connectivity index (χ2n) is 5.22. The largest absolute Gasteiger partial charge is 0.367 e. The minimum Gasteiger partial charge on any atom is -0.367 e. The average Bonchev–Trinajstić information content (AvgIpc) is 2.92. The molecule has 1 aliphatic heterocycles. The van der Waals surface area contributed by atoms with E-state index >= 15 is 0 Å². The van der Waals surface area contributed by atoms with Crippen LogP contribution in [0.25, 0.3) is 0 Å². The summed E-state index contributed by atoms with van der Waals surface area (Å²) in [7, 11) is 0. The van der Waals surface area contributed by atoms with Gasteiger partial charge >= 0.3 is 0 Å². The van der Waals surface area contributed by atoms with E-state index in [9.17, 15) is 0 Å². The van der Waals surface area contributed by atoms with Crippen molar-refractivity contribution in [3.8, 4) is 0 Å². The van der Waals surface area contributed by atoms with Crippen LogP contribution < -0.4 is 5.32 Å². The molecule has 0 saturated carbocycles. The lowest BCUT2D eigenvalue weighted by atomic mass is 10.0. The van der Waals surface area contributed by atoms with Crippen LogP contribution in [-0.4, -0.2) is 29.8 Å². The molecule has 20 heavy (non-hydrogen) atoms. The van der Waals surface area contributed by atoms with Crippen molar-refractivity contribution in [3.63, 3.8) is 0 Å². The second-order valence-corrected chi connectivity index (χ2v) is 5.22. The monoisotopic (exact) mass is 273 g/mol. The second kappa shape index (κ2) is 5.73. The number of aryl methyl sites for hydroxylation is 2. The molecule has 5 heteroatoms. The zero-order chi connectivity index (χ0) is 13.9. The van der Waals surface area contributed by atoms with Crippen molar-refractivity contribution in [2.24, 2.45) is 0 Å². The Morgan fingerprint density at radius 1 is 1.35 bits per heavy atom. The first-order valence-electron chi connectivity index (χ1n) is 6.93. The number of ether oxygens (including phenoxy) is 1. The van der Waals surface area contributed by atoms with Gasteiger partial charge in [-0.05, 0) is 25.0 Å². The molecule has 1 aromatic heterocycles. The highest BCUT2D eigenvalue weighted by atomic mass is 16.5. The van der Waals surface area contributed by atoms with E-state index in [1.165, 1.54) is 16.7 Å². The molecule has 5 nitrogen and oxygen atoms in total. The SMILES string of the molecule is Cc1ccc(C)c(Cc2nc(C3CNCCO3)no2)c1. The number of benzene rings is 1. The summed E-state index contributed by atoms with van der Waals surface area (Å²) in [6, 6.07) is 6.40. The fourth-order valence-electron chi connectivity index (χ4n) is 2.36. The summed E-state index contributed by atoms with van der Waals surface area (Å²) in [4.78, 5) is 4.46. The molecule has 2 aromatic rings. The standard InChI is InChI=1S/C15H19N3O2/c1-10-3-4-11(2)12(7-10)8-14-17-15(18-20-14)13-9-16-5-6-19-13/h3-4,7,13,16H,5-6,8-9H2,1-2H3. The Labute approximate surface area is 118 Å². The van der Waals surface area contributed by atoms with Crippen molar-refractivity contribution in [1.82, 2.24) is 15.5 Å². The fraction of sp³-hybridized carbons (Fsp3) is 0.467. The van der Waals surface area contributed by atoms with Crippen LogP contribution in [-0.2, 0) is 11.2 Å². The highest BCUT2D eigenvalue weighted by Crippen LogP contribution is 2.18. The predicted molar refractivity (Wildman–Crippen MR) is 74.6 cm³/mol. The van der Waals surface area contributed by atoms with Crippen LogP contribution in [0.1, 0.15) is 34.5 Å². The fourth-order valence-corrected chi connectivity index (χ4v) is 2.36. The van der Waals surface area contributed by atoms with Crippen molar-refractivity contribution in [3.05, 3.63) is 46.6 Å². The van der Waals surface area contributed by atoms with Crippen LogP contribution in [0.3, 0.4) is 0 Å². The molecule has 106 valence electrons. The molecule has 1 saturated heterocycles. The van der Waals surface area contributed by atoms with Crippen molar-refractivity contribution in [1.29, 1.82) is 0 Å². The molecule has 0 aliphatic carbocycles. The maximum absolute atomic E-state index is 5.62. The van der Waals surface area contributed by atoms with Gasteiger partial charge in [0, 0.05) is 13.1 Å². The smallest absolute Gasteiger partial charge is 0.231 e. The Bertz CT molecular complexity index is 589. The van der Waals surface area contributed by atoms with E-state index in [0.717, 1.165) is 13.1 Å². The van der Waals surface area contributed by atoms with Gasteiger partial charge in [-0.15, -0.1) is 0 Å². The summed E-state index contributed by atoms with van der Waals surface area (Å²) in [5.41, 5.74) is 3.71. The van der Waals surface area contributed by atoms with Crippen LogP contribution in [0.15, 0.2) is 22.7 Å². The Morgan fingerprint density at radius 3 is 3.05 bits per heavy atom. The molecule has 0 radical (unpaired) electrons. The number of rotatable bonds is 3. The van der Waals surface area contributed by atoms with E-state index in [1.54, 1.807) is 0 Å². The molecule has 1 fully saturated rings. The lowest BCUT2D eigenvalue weighted by Gasteiger charge is -2.20. The normalized spacial score (nSPS) is 19.2. The Balaban J connectivity index is 1.75. The van der Waals surface area contributed by atoms with Gasteiger partial charge in [0.05, 0.1) is 13.0 Å². The number of hydrogen-bond acceptors (Lipinski definition) is 5. The van der Waals surface area contributed by atoms with Crippen molar-refractivity contribution in [2.75, 3.05) is 19.7 Å². The number of morpholine rings is 1. The quantitative estimate of drug-likeness (QED) is 0.926. The third-order valence-corrected chi connectivity index (χ3v) is 3.55. The summed E-state index contributed by atoms with van der Waals surface area (Å²) in [5, 5.41) is 7.30. The van der Waals surface area contributed by atoms with Gasteiger partial charge in [0.1, 0.15) is 6.10 Å².